The van der Waals surface area contributed by atoms with Gasteiger partial charge in [0.1, 0.15) is 5.75 Å². The SMILES string of the molecule is O=C(Nc1ccc(NC(=O)c2ccco2)cc1)c1ccc(OCC(F)(F)F)cc1. The standard InChI is InChI=1S/C20H15F3N2O4/c21-20(22,23)12-29-16-9-3-13(4-10-16)18(26)24-14-5-7-15(8-6-14)25-19(27)17-2-1-11-28-17/h1-11H,12H2,(H,24,26)(H,25,27). The lowest BCUT2D eigenvalue weighted by molar-refractivity contribution is -0.153. The first-order valence-electron chi connectivity index (χ1n) is 8.36. The minimum Gasteiger partial charge on any atom is -0.484 e. The van der Waals surface area contributed by atoms with Gasteiger partial charge in [0.25, 0.3) is 11.8 Å². The van der Waals surface area contributed by atoms with Crippen LogP contribution in [0.2, 0.25) is 0 Å². The number of hydrogen-bond acceptors (Lipinski definition) is 4. The molecular formula is C20H15F3N2O4. The average Bonchev–Trinajstić information content (AvgIpc) is 3.23. The minimum absolute atomic E-state index is 0.00975. The van der Waals surface area contributed by atoms with Gasteiger partial charge in [-0.1, -0.05) is 0 Å². The molecule has 0 radical (unpaired) electrons. The van der Waals surface area contributed by atoms with E-state index >= 15 is 0 Å². The Balaban J connectivity index is 1.55. The zero-order valence-corrected chi connectivity index (χ0v) is 14.8. The van der Waals surface area contributed by atoms with Crippen molar-refractivity contribution in [1.82, 2.24) is 0 Å². The van der Waals surface area contributed by atoms with E-state index < -0.39 is 24.6 Å². The van der Waals surface area contributed by atoms with Gasteiger partial charge in [-0.15, -0.1) is 0 Å². The van der Waals surface area contributed by atoms with Gasteiger partial charge in [-0.05, 0) is 60.7 Å². The lowest BCUT2D eigenvalue weighted by Gasteiger charge is -2.10. The Hall–Kier alpha value is -3.75. The lowest BCUT2D eigenvalue weighted by Crippen LogP contribution is -2.19. The fraction of sp³-hybridized carbons (Fsp3) is 0.100. The third-order valence-corrected chi connectivity index (χ3v) is 3.66. The third-order valence-electron chi connectivity index (χ3n) is 3.66. The molecular weight excluding hydrogens is 389 g/mol. The molecule has 0 spiro atoms. The van der Waals surface area contributed by atoms with Gasteiger partial charge < -0.3 is 19.8 Å². The molecule has 0 aliphatic heterocycles. The number of furan rings is 1. The summed E-state index contributed by atoms with van der Waals surface area (Å²) in [6.07, 6.45) is -3.04. The number of halogens is 3. The van der Waals surface area contributed by atoms with Gasteiger partial charge in [0.05, 0.1) is 6.26 Å². The number of alkyl halides is 3. The van der Waals surface area contributed by atoms with Crippen LogP contribution >= 0.6 is 0 Å². The van der Waals surface area contributed by atoms with Crippen molar-refractivity contribution in [3.63, 3.8) is 0 Å². The highest BCUT2D eigenvalue weighted by molar-refractivity contribution is 6.05. The Bertz CT molecular complexity index is 966. The second-order valence-electron chi connectivity index (χ2n) is 5.89. The average molecular weight is 404 g/mol. The maximum atomic E-state index is 12.2. The molecule has 0 saturated carbocycles. The van der Waals surface area contributed by atoms with Crippen molar-refractivity contribution in [3.8, 4) is 5.75 Å². The molecule has 2 aromatic carbocycles. The molecule has 29 heavy (non-hydrogen) atoms. The zero-order valence-electron chi connectivity index (χ0n) is 14.8. The molecule has 0 fully saturated rings. The molecule has 150 valence electrons. The monoisotopic (exact) mass is 404 g/mol. The van der Waals surface area contributed by atoms with Crippen LogP contribution in [0.5, 0.6) is 5.75 Å². The van der Waals surface area contributed by atoms with E-state index in [9.17, 15) is 22.8 Å². The van der Waals surface area contributed by atoms with Gasteiger partial charge in [0.2, 0.25) is 0 Å². The minimum atomic E-state index is -4.43. The summed E-state index contributed by atoms with van der Waals surface area (Å²) in [6.45, 7) is -1.40. The van der Waals surface area contributed by atoms with Crippen LogP contribution in [0.25, 0.3) is 0 Å². The summed E-state index contributed by atoms with van der Waals surface area (Å²) >= 11 is 0. The quantitative estimate of drug-likeness (QED) is 0.623. The Labute approximate surface area is 163 Å². The summed E-state index contributed by atoms with van der Waals surface area (Å²) in [5.41, 5.74) is 1.23. The molecule has 0 unspecified atom stereocenters. The van der Waals surface area contributed by atoms with E-state index in [1.165, 1.54) is 36.6 Å². The van der Waals surface area contributed by atoms with E-state index in [1.807, 2.05) is 0 Å². The zero-order chi connectivity index (χ0) is 20.9. The second-order valence-corrected chi connectivity index (χ2v) is 5.89. The van der Waals surface area contributed by atoms with Crippen LogP contribution in [0.1, 0.15) is 20.9 Å². The van der Waals surface area contributed by atoms with Crippen LogP contribution in [-0.4, -0.2) is 24.6 Å². The molecule has 1 heterocycles. The predicted molar refractivity (Wildman–Crippen MR) is 99.0 cm³/mol. The number of hydrogen-bond donors (Lipinski definition) is 2. The molecule has 3 aromatic rings. The molecule has 0 aliphatic carbocycles. The topological polar surface area (TPSA) is 80.6 Å². The second kappa shape index (κ2) is 8.51. The van der Waals surface area contributed by atoms with Crippen molar-refractivity contribution in [2.75, 3.05) is 17.2 Å². The number of anilines is 2. The Morgan fingerprint density at radius 3 is 1.97 bits per heavy atom. The van der Waals surface area contributed by atoms with Crippen molar-refractivity contribution < 1.29 is 31.9 Å². The van der Waals surface area contributed by atoms with Crippen molar-refractivity contribution in [3.05, 3.63) is 78.3 Å². The fourth-order valence-corrected chi connectivity index (χ4v) is 2.31. The number of nitrogens with one attached hydrogen (secondary N) is 2. The van der Waals surface area contributed by atoms with E-state index in [0.29, 0.717) is 11.4 Å². The number of ether oxygens (including phenoxy) is 1. The highest BCUT2D eigenvalue weighted by Gasteiger charge is 2.28. The van der Waals surface area contributed by atoms with Crippen LogP contribution in [0.3, 0.4) is 0 Å². The summed E-state index contributed by atoms with van der Waals surface area (Å²) < 4.78 is 46.0. The molecule has 1 aromatic heterocycles. The van der Waals surface area contributed by atoms with Gasteiger partial charge in [0.15, 0.2) is 12.4 Å². The molecule has 2 amide bonds. The van der Waals surface area contributed by atoms with Crippen molar-refractivity contribution in [2.24, 2.45) is 0 Å². The molecule has 0 saturated heterocycles. The van der Waals surface area contributed by atoms with E-state index in [4.69, 9.17) is 4.42 Å². The molecule has 6 nitrogen and oxygen atoms in total. The largest absolute Gasteiger partial charge is 0.484 e. The first-order valence-corrected chi connectivity index (χ1v) is 8.36. The summed E-state index contributed by atoms with van der Waals surface area (Å²) in [4.78, 5) is 24.2. The molecule has 0 atom stereocenters. The van der Waals surface area contributed by atoms with Gasteiger partial charge in [-0.3, -0.25) is 9.59 Å². The first kappa shape index (κ1) is 20.0. The molecule has 9 heteroatoms. The summed E-state index contributed by atoms with van der Waals surface area (Å²) in [5.74, 6) is -0.667. The van der Waals surface area contributed by atoms with Crippen LogP contribution in [0.4, 0.5) is 24.5 Å². The van der Waals surface area contributed by atoms with Gasteiger partial charge in [-0.25, -0.2) is 0 Å². The summed E-state index contributed by atoms with van der Waals surface area (Å²) in [6, 6.07) is 14.8. The number of benzene rings is 2. The predicted octanol–water partition coefficient (Wildman–Crippen LogP) is 4.73. The van der Waals surface area contributed by atoms with E-state index in [2.05, 4.69) is 15.4 Å². The molecule has 2 N–H and O–H groups in total. The Morgan fingerprint density at radius 1 is 0.862 bits per heavy atom. The normalized spacial score (nSPS) is 11.0. The Morgan fingerprint density at radius 2 is 1.45 bits per heavy atom. The van der Waals surface area contributed by atoms with E-state index in [-0.39, 0.29) is 17.1 Å². The smallest absolute Gasteiger partial charge is 0.422 e. The fourth-order valence-electron chi connectivity index (χ4n) is 2.31. The van der Waals surface area contributed by atoms with Crippen LogP contribution < -0.4 is 15.4 Å². The summed E-state index contributed by atoms with van der Waals surface area (Å²) in [5, 5.41) is 5.30. The third kappa shape index (κ3) is 5.86. The van der Waals surface area contributed by atoms with E-state index in [1.54, 1.807) is 30.3 Å². The maximum Gasteiger partial charge on any atom is 0.422 e. The molecule has 3 rings (SSSR count). The van der Waals surface area contributed by atoms with Gasteiger partial charge >= 0.3 is 6.18 Å². The first-order chi connectivity index (χ1) is 13.8. The van der Waals surface area contributed by atoms with Gasteiger partial charge in [0, 0.05) is 16.9 Å². The van der Waals surface area contributed by atoms with Crippen LogP contribution in [0, 0.1) is 0 Å². The van der Waals surface area contributed by atoms with E-state index in [0.717, 1.165) is 0 Å². The molecule has 0 bridgehead atoms. The number of rotatable bonds is 6. The van der Waals surface area contributed by atoms with Crippen LogP contribution in [0.15, 0.2) is 71.3 Å². The number of carbonyl (C=O) groups is 2. The highest BCUT2D eigenvalue weighted by atomic mass is 19.4. The summed E-state index contributed by atoms with van der Waals surface area (Å²) in [7, 11) is 0. The number of carbonyl (C=O) groups excluding carboxylic acids is 2. The number of amides is 2. The highest BCUT2D eigenvalue weighted by Crippen LogP contribution is 2.20. The maximum absolute atomic E-state index is 12.2. The van der Waals surface area contributed by atoms with Crippen molar-refractivity contribution >= 4 is 23.2 Å². The Kier molecular flexibility index (Phi) is 5.87. The van der Waals surface area contributed by atoms with Crippen molar-refractivity contribution in [2.45, 2.75) is 6.18 Å². The molecule has 0 aliphatic rings. The lowest BCUT2D eigenvalue weighted by atomic mass is 10.2. The van der Waals surface area contributed by atoms with Crippen molar-refractivity contribution in [1.29, 1.82) is 0 Å². The van der Waals surface area contributed by atoms with Crippen LogP contribution in [-0.2, 0) is 0 Å². The van der Waals surface area contributed by atoms with Gasteiger partial charge in [-0.2, -0.15) is 13.2 Å².